The molecule has 0 aliphatic rings. The standard InChI is InChI=1S/C27H32N6O3S2/c1-20-18-24-25(19-21(20)2)37-27(30-24)33(17-7-14-31(3)4)26(34)22-8-10-23(11-9-22)38(35,36)32(15-5-12-28)16-6-13-29/h8-11,18-19H,5-7,14-17H2,1-4H3. The normalized spacial score (nSPS) is 11.6. The Labute approximate surface area is 228 Å². The lowest BCUT2D eigenvalue weighted by Crippen LogP contribution is -2.34. The maximum absolute atomic E-state index is 13.7. The number of thiazole rings is 1. The lowest BCUT2D eigenvalue weighted by Gasteiger charge is -2.22. The van der Waals surface area contributed by atoms with E-state index in [1.807, 2.05) is 46.1 Å². The molecule has 0 bridgehead atoms. The third kappa shape index (κ3) is 6.94. The number of amides is 1. The van der Waals surface area contributed by atoms with Crippen LogP contribution in [0.25, 0.3) is 10.2 Å². The summed E-state index contributed by atoms with van der Waals surface area (Å²) in [7, 11) is 0.0353. The highest BCUT2D eigenvalue weighted by molar-refractivity contribution is 7.89. The minimum Gasteiger partial charge on any atom is -0.309 e. The Bertz CT molecular complexity index is 1410. The Morgan fingerprint density at radius 1 is 0.947 bits per heavy atom. The van der Waals surface area contributed by atoms with E-state index < -0.39 is 10.0 Å². The fraction of sp³-hybridized carbons (Fsp3) is 0.407. The molecule has 0 N–H and O–H groups in total. The van der Waals surface area contributed by atoms with Crippen molar-refractivity contribution in [1.82, 2.24) is 14.2 Å². The van der Waals surface area contributed by atoms with E-state index in [1.54, 1.807) is 4.90 Å². The number of sulfonamides is 1. The minimum absolute atomic E-state index is 0.00258. The van der Waals surface area contributed by atoms with Crippen LogP contribution in [0.1, 0.15) is 40.7 Å². The second kappa shape index (κ2) is 12.9. The summed E-state index contributed by atoms with van der Waals surface area (Å²) < 4.78 is 28.4. The van der Waals surface area contributed by atoms with E-state index >= 15 is 0 Å². The highest BCUT2D eigenvalue weighted by Crippen LogP contribution is 2.32. The van der Waals surface area contributed by atoms with Crippen molar-refractivity contribution >= 4 is 42.6 Å². The Morgan fingerprint density at radius 2 is 1.55 bits per heavy atom. The zero-order chi connectivity index (χ0) is 27.9. The first-order valence-corrected chi connectivity index (χ1v) is 14.5. The number of anilines is 1. The van der Waals surface area contributed by atoms with Crippen molar-refractivity contribution in [2.24, 2.45) is 0 Å². The van der Waals surface area contributed by atoms with Gasteiger partial charge in [-0.1, -0.05) is 11.3 Å². The van der Waals surface area contributed by atoms with Crippen LogP contribution >= 0.6 is 11.3 Å². The van der Waals surface area contributed by atoms with E-state index in [0.717, 1.165) is 38.6 Å². The van der Waals surface area contributed by atoms with Crippen molar-refractivity contribution in [2.45, 2.75) is 38.0 Å². The Hall–Kier alpha value is -3.35. The number of fused-ring (bicyclic) bond motifs is 1. The molecule has 0 fully saturated rings. The van der Waals surface area contributed by atoms with Crippen LogP contribution in [-0.2, 0) is 10.0 Å². The summed E-state index contributed by atoms with van der Waals surface area (Å²) in [4.78, 5) is 22.1. The van der Waals surface area contributed by atoms with Crippen LogP contribution in [0.3, 0.4) is 0 Å². The molecule has 1 aromatic heterocycles. The molecule has 3 rings (SSSR count). The van der Waals surface area contributed by atoms with E-state index in [4.69, 9.17) is 15.5 Å². The fourth-order valence-corrected chi connectivity index (χ4v) is 6.40. The third-order valence-electron chi connectivity index (χ3n) is 6.14. The van der Waals surface area contributed by atoms with E-state index in [2.05, 4.69) is 11.0 Å². The number of hydrogen-bond acceptors (Lipinski definition) is 8. The van der Waals surface area contributed by atoms with Gasteiger partial charge in [-0.25, -0.2) is 13.4 Å². The maximum Gasteiger partial charge on any atom is 0.260 e. The van der Waals surface area contributed by atoms with Crippen LogP contribution in [0.15, 0.2) is 41.3 Å². The van der Waals surface area contributed by atoms with Crippen LogP contribution in [0.2, 0.25) is 0 Å². The molecule has 0 radical (unpaired) electrons. The van der Waals surface area contributed by atoms with Gasteiger partial charge in [0, 0.05) is 38.0 Å². The van der Waals surface area contributed by atoms with E-state index in [9.17, 15) is 13.2 Å². The Kier molecular flexibility index (Phi) is 9.95. The zero-order valence-corrected chi connectivity index (χ0v) is 23.8. The van der Waals surface area contributed by atoms with Crippen LogP contribution in [0, 0.1) is 36.5 Å². The van der Waals surface area contributed by atoms with E-state index in [1.165, 1.54) is 35.6 Å². The van der Waals surface area contributed by atoms with Crippen molar-refractivity contribution in [3.63, 3.8) is 0 Å². The number of benzene rings is 2. The second-order valence-electron chi connectivity index (χ2n) is 9.26. The lowest BCUT2D eigenvalue weighted by molar-refractivity contribution is 0.0986. The minimum atomic E-state index is -3.92. The van der Waals surface area contributed by atoms with Gasteiger partial charge in [0.1, 0.15) is 0 Å². The van der Waals surface area contributed by atoms with Crippen LogP contribution in [0.5, 0.6) is 0 Å². The van der Waals surface area contributed by atoms with Gasteiger partial charge < -0.3 is 4.90 Å². The van der Waals surface area contributed by atoms with Crippen LogP contribution in [0.4, 0.5) is 5.13 Å². The highest BCUT2D eigenvalue weighted by Gasteiger charge is 2.26. The van der Waals surface area contributed by atoms with Crippen molar-refractivity contribution in [3.05, 3.63) is 53.1 Å². The molecular weight excluding hydrogens is 520 g/mol. The number of nitriles is 2. The van der Waals surface area contributed by atoms with Gasteiger partial charge in [-0.3, -0.25) is 9.69 Å². The zero-order valence-electron chi connectivity index (χ0n) is 22.1. The molecule has 11 heteroatoms. The molecule has 0 spiro atoms. The summed E-state index contributed by atoms with van der Waals surface area (Å²) in [5.74, 6) is -0.258. The van der Waals surface area contributed by atoms with Gasteiger partial charge in [0.05, 0.1) is 27.3 Å². The largest absolute Gasteiger partial charge is 0.309 e. The topological polar surface area (TPSA) is 121 Å². The molecule has 3 aromatic rings. The Balaban J connectivity index is 1.91. The number of rotatable bonds is 12. The van der Waals surface area contributed by atoms with Crippen molar-refractivity contribution in [2.75, 3.05) is 45.2 Å². The predicted octanol–water partition coefficient (Wildman–Crippen LogP) is 4.33. The second-order valence-corrected chi connectivity index (χ2v) is 12.2. The first kappa shape index (κ1) is 29.2. The number of nitrogens with zero attached hydrogens (tertiary/aromatic N) is 6. The van der Waals surface area contributed by atoms with Gasteiger partial charge in [0.2, 0.25) is 10.0 Å². The monoisotopic (exact) mass is 552 g/mol. The number of aromatic nitrogens is 1. The molecular formula is C27H32N6O3S2. The molecule has 200 valence electrons. The molecule has 1 amide bonds. The smallest absolute Gasteiger partial charge is 0.260 e. The summed E-state index contributed by atoms with van der Waals surface area (Å²) in [5.41, 5.74) is 3.49. The first-order valence-electron chi connectivity index (χ1n) is 12.3. The summed E-state index contributed by atoms with van der Waals surface area (Å²) >= 11 is 1.46. The molecule has 0 unspecified atom stereocenters. The van der Waals surface area contributed by atoms with Gasteiger partial charge in [0.15, 0.2) is 5.13 Å². The first-order chi connectivity index (χ1) is 18.1. The summed E-state index contributed by atoms with van der Waals surface area (Å²) in [6, 6.07) is 13.8. The maximum atomic E-state index is 13.7. The molecule has 0 aliphatic heterocycles. The van der Waals surface area contributed by atoms with Gasteiger partial charge >= 0.3 is 0 Å². The number of aryl methyl sites for hydroxylation is 2. The molecule has 0 aliphatic carbocycles. The Morgan fingerprint density at radius 3 is 2.13 bits per heavy atom. The number of hydrogen-bond donors (Lipinski definition) is 0. The van der Waals surface area contributed by atoms with Crippen molar-refractivity contribution in [1.29, 1.82) is 10.5 Å². The molecule has 38 heavy (non-hydrogen) atoms. The van der Waals surface area contributed by atoms with Crippen molar-refractivity contribution in [3.8, 4) is 12.1 Å². The molecule has 2 aromatic carbocycles. The molecule has 0 saturated carbocycles. The quantitative estimate of drug-likeness (QED) is 0.328. The van der Waals surface area contributed by atoms with E-state index in [0.29, 0.717) is 17.2 Å². The highest BCUT2D eigenvalue weighted by atomic mass is 32.2. The van der Waals surface area contributed by atoms with Gasteiger partial charge in [-0.2, -0.15) is 14.8 Å². The van der Waals surface area contributed by atoms with Crippen LogP contribution < -0.4 is 4.90 Å². The summed E-state index contributed by atoms with van der Waals surface area (Å²) in [6.45, 7) is 5.34. The SMILES string of the molecule is Cc1cc2nc(N(CCCN(C)C)C(=O)c3ccc(S(=O)(=O)N(CCC#N)CCC#N)cc3)sc2cc1C. The predicted molar refractivity (Wildman–Crippen MR) is 150 cm³/mol. The molecule has 0 atom stereocenters. The fourth-order valence-electron chi connectivity index (χ4n) is 3.89. The lowest BCUT2D eigenvalue weighted by atomic mass is 10.1. The average Bonchev–Trinajstić information content (AvgIpc) is 3.28. The van der Waals surface area contributed by atoms with Gasteiger partial charge in [-0.15, -0.1) is 0 Å². The van der Waals surface area contributed by atoms with E-state index in [-0.39, 0.29) is 36.7 Å². The third-order valence-corrected chi connectivity index (χ3v) is 9.09. The molecule has 1 heterocycles. The van der Waals surface area contributed by atoms with Crippen LogP contribution in [-0.4, -0.2) is 68.8 Å². The summed E-state index contributed by atoms with van der Waals surface area (Å²) in [5, 5.41) is 18.4. The molecule has 9 nitrogen and oxygen atoms in total. The summed E-state index contributed by atoms with van der Waals surface area (Å²) in [6.07, 6.45) is 0.778. The van der Waals surface area contributed by atoms with Gasteiger partial charge in [-0.05, 0) is 88.4 Å². The number of carbonyl (C=O) groups is 1. The van der Waals surface area contributed by atoms with Crippen molar-refractivity contribution < 1.29 is 13.2 Å². The molecule has 0 saturated heterocycles. The number of carbonyl (C=O) groups excluding carboxylic acids is 1. The van der Waals surface area contributed by atoms with Gasteiger partial charge in [0.25, 0.3) is 5.91 Å². The average molecular weight is 553 g/mol.